The maximum atomic E-state index is 12.3. The summed E-state index contributed by atoms with van der Waals surface area (Å²) in [5.41, 5.74) is 4.47. The second-order valence-corrected chi connectivity index (χ2v) is 5.49. The van der Waals surface area contributed by atoms with E-state index in [1.807, 2.05) is 52.5 Å². The van der Waals surface area contributed by atoms with Crippen LogP contribution in [0.4, 0.5) is 5.69 Å². The summed E-state index contributed by atoms with van der Waals surface area (Å²) in [7, 11) is 0. The Bertz CT molecular complexity index is 654. The van der Waals surface area contributed by atoms with E-state index in [1.165, 1.54) is 0 Å². The Kier molecular flexibility index (Phi) is 5.54. The number of carbonyl (C=O) groups excluding carboxylic acids is 1. The van der Waals surface area contributed by atoms with Gasteiger partial charge >= 0.3 is 0 Å². The molecule has 1 amide bonds. The molecule has 121 valence electrons. The number of amidine groups is 1. The van der Waals surface area contributed by atoms with Gasteiger partial charge in [-0.3, -0.25) is 9.80 Å². The lowest BCUT2D eigenvalue weighted by Gasteiger charge is -2.24. The maximum absolute atomic E-state index is 12.3. The molecule has 0 spiro atoms. The van der Waals surface area contributed by atoms with Crippen molar-refractivity contribution >= 4 is 29.8 Å². The lowest BCUT2D eigenvalue weighted by molar-refractivity contribution is -0.112. The minimum absolute atomic E-state index is 0. The predicted octanol–water partition coefficient (Wildman–Crippen LogP) is 2.14. The fourth-order valence-electron chi connectivity index (χ4n) is 2.29. The summed E-state index contributed by atoms with van der Waals surface area (Å²) in [4.78, 5) is 18.6. The van der Waals surface area contributed by atoms with Crippen molar-refractivity contribution in [2.75, 3.05) is 12.0 Å². The van der Waals surface area contributed by atoms with Crippen molar-refractivity contribution in [1.82, 2.24) is 15.3 Å². The van der Waals surface area contributed by atoms with Crippen LogP contribution in [-0.2, 0) is 4.79 Å². The number of hydrogen-bond donors (Lipinski definition) is 2. The molecular formula is C16H20ClN5O+. The fraction of sp³-hybridized carbons (Fsp3) is 0.250. The van der Waals surface area contributed by atoms with E-state index in [1.54, 1.807) is 6.20 Å². The van der Waals surface area contributed by atoms with E-state index >= 15 is 0 Å². The SMILES string of the molecule is CC(C)NN1C=CC2=NC(C(=O)Nc3ccccc3)=C[N+]2C1.Cl. The molecule has 1 aromatic rings. The number of hydrazine groups is 1. The highest BCUT2D eigenvalue weighted by atomic mass is 35.5. The third-order valence-electron chi connectivity index (χ3n) is 3.20. The molecule has 1 aromatic carbocycles. The predicted molar refractivity (Wildman–Crippen MR) is 94.1 cm³/mol. The molecule has 2 aliphatic heterocycles. The van der Waals surface area contributed by atoms with E-state index in [-0.39, 0.29) is 18.3 Å². The average molecular weight is 334 g/mol. The zero-order valence-corrected chi connectivity index (χ0v) is 13.9. The number of rotatable bonds is 4. The van der Waals surface area contributed by atoms with Gasteiger partial charge in [0, 0.05) is 24.0 Å². The fourth-order valence-corrected chi connectivity index (χ4v) is 2.29. The molecule has 0 aromatic heterocycles. The number of amides is 1. The second kappa shape index (κ2) is 7.41. The molecule has 0 saturated carbocycles. The minimum atomic E-state index is -0.204. The van der Waals surface area contributed by atoms with E-state index in [9.17, 15) is 4.79 Å². The summed E-state index contributed by atoms with van der Waals surface area (Å²) in [6.45, 7) is 4.78. The van der Waals surface area contributed by atoms with Crippen LogP contribution in [0.15, 0.2) is 59.5 Å². The van der Waals surface area contributed by atoms with Gasteiger partial charge in [0.05, 0.1) is 0 Å². The van der Waals surface area contributed by atoms with Crippen LogP contribution in [0, 0.1) is 0 Å². The Morgan fingerprint density at radius 1 is 1.30 bits per heavy atom. The van der Waals surface area contributed by atoms with Crippen molar-refractivity contribution in [1.29, 1.82) is 0 Å². The van der Waals surface area contributed by atoms with Crippen molar-refractivity contribution in [3.05, 3.63) is 54.5 Å². The van der Waals surface area contributed by atoms with Gasteiger partial charge in [0.25, 0.3) is 11.7 Å². The lowest BCUT2D eigenvalue weighted by atomic mass is 10.3. The first kappa shape index (κ1) is 17.2. The summed E-state index contributed by atoms with van der Waals surface area (Å²) < 4.78 is 0. The molecule has 0 bridgehead atoms. The first-order chi connectivity index (χ1) is 10.6. The van der Waals surface area contributed by atoms with E-state index in [0.717, 1.165) is 11.5 Å². The zero-order chi connectivity index (χ0) is 15.5. The van der Waals surface area contributed by atoms with Crippen LogP contribution in [0.2, 0.25) is 0 Å². The van der Waals surface area contributed by atoms with Crippen LogP contribution in [-0.4, -0.2) is 29.5 Å². The number of benzene rings is 1. The molecular weight excluding hydrogens is 314 g/mol. The van der Waals surface area contributed by atoms with Crippen LogP contribution < -0.4 is 15.6 Å². The molecule has 0 unspecified atom stereocenters. The molecule has 0 saturated heterocycles. The van der Waals surface area contributed by atoms with Gasteiger partial charge in [-0.1, -0.05) is 23.1 Å². The molecule has 2 N–H and O–H groups in total. The number of halogens is 1. The molecule has 3 rings (SSSR count). The Morgan fingerprint density at radius 3 is 2.74 bits per heavy atom. The molecule has 23 heavy (non-hydrogen) atoms. The average Bonchev–Trinajstić information content (AvgIpc) is 2.91. The van der Waals surface area contributed by atoms with E-state index in [0.29, 0.717) is 18.4 Å². The third kappa shape index (κ3) is 4.19. The number of fused-ring (bicyclic) bond motifs is 1. The van der Waals surface area contributed by atoms with Crippen LogP contribution in [0.5, 0.6) is 0 Å². The summed E-state index contributed by atoms with van der Waals surface area (Å²) in [6.07, 6.45) is 5.59. The highest BCUT2D eigenvalue weighted by Gasteiger charge is 2.34. The van der Waals surface area contributed by atoms with Crippen molar-refractivity contribution in [3.63, 3.8) is 0 Å². The Labute approximate surface area is 141 Å². The van der Waals surface area contributed by atoms with Gasteiger partial charge in [0.1, 0.15) is 0 Å². The van der Waals surface area contributed by atoms with Crippen LogP contribution in [0.1, 0.15) is 13.8 Å². The Hall–Kier alpha value is -2.15. The minimum Gasteiger partial charge on any atom is -0.320 e. The molecule has 1 radical (unpaired) electrons. The highest BCUT2D eigenvalue weighted by Crippen LogP contribution is 2.16. The van der Waals surface area contributed by atoms with Gasteiger partial charge in [-0.15, -0.1) is 12.4 Å². The smallest absolute Gasteiger partial charge is 0.285 e. The van der Waals surface area contributed by atoms with Gasteiger partial charge in [-0.2, -0.15) is 4.99 Å². The molecule has 2 aliphatic rings. The van der Waals surface area contributed by atoms with Gasteiger partial charge in [-0.05, 0) is 26.0 Å². The summed E-state index contributed by atoms with van der Waals surface area (Å²) in [6, 6.07) is 9.71. The normalized spacial score (nSPS) is 16.6. The molecule has 2 heterocycles. The van der Waals surface area contributed by atoms with Crippen molar-refractivity contribution < 1.29 is 4.79 Å². The number of aliphatic imine (C=N–C) groups is 1. The lowest BCUT2D eigenvalue weighted by Crippen LogP contribution is -2.49. The Balaban J connectivity index is 0.00000192. The number of para-hydroxylation sites is 1. The van der Waals surface area contributed by atoms with Crippen molar-refractivity contribution in [2.24, 2.45) is 4.99 Å². The van der Waals surface area contributed by atoms with Gasteiger partial charge in [0.15, 0.2) is 11.9 Å². The first-order valence-electron chi connectivity index (χ1n) is 7.26. The topological polar surface area (TPSA) is 62.6 Å². The second-order valence-electron chi connectivity index (χ2n) is 5.49. The highest BCUT2D eigenvalue weighted by molar-refractivity contribution is 6.10. The summed E-state index contributed by atoms with van der Waals surface area (Å²) in [5, 5.41) is 4.81. The molecule has 7 heteroatoms. The van der Waals surface area contributed by atoms with Gasteiger partial charge in [-0.25, -0.2) is 5.43 Å². The van der Waals surface area contributed by atoms with E-state index in [4.69, 9.17) is 0 Å². The molecule has 0 aliphatic carbocycles. The van der Waals surface area contributed by atoms with Gasteiger partial charge < -0.3 is 5.32 Å². The number of anilines is 1. The molecule has 6 nitrogen and oxygen atoms in total. The van der Waals surface area contributed by atoms with Crippen LogP contribution in [0.3, 0.4) is 0 Å². The van der Waals surface area contributed by atoms with Crippen molar-refractivity contribution in [3.8, 4) is 0 Å². The molecule has 0 fully saturated rings. The van der Waals surface area contributed by atoms with Crippen molar-refractivity contribution in [2.45, 2.75) is 19.9 Å². The number of hydrogen-bond acceptors (Lipinski definition) is 5. The van der Waals surface area contributed by atoms with E-state index < -0.39 is 0 Å². The molecule has 0 atom stereocenters. The summed E-state index contributed by atoms with van der Waals surface area (Å²) >= 11 is 0. The monoisotopic (exact) mass is 333 g/mol. The van der Waals surface area contributed by atoms with Gasteiger partial charge in [0.2, 0.25) is 6.67 Å². The standard InChI is InChI=1S/C16H19N5O.ClH/c1-12(2)19-21-9-8-15-18-14(10-20(15)11-21)16(22)17-13-6-4-3-5-7-13;/h3-10,12,19H,11H2,1-2H3,(H,17,22);1H/q+1;. The Morgan fingerprint density at radius 2 is 2.04 bits per heavy atom. The third-order valence-corrected chi connectivity index (χ3v) is 3.20. The quantitative estimate of drug-likeness (QED) is 0.830. The van der Waals surface area contributed by atoms with Crippen LogP contribution >= 0.6 is 12.4 Å². The van der Waals surface area contributed by atoms with Crippen LogP contribution in [0.25, 0.3) is 0 Å². The number of nitrogens with zero attached hydrogens (tertiary/aromatic N) is 3. The first-order valence-corrected chi connectivity index (χ1v) is 7.26. The number of carbonyl (C=O) groups is 1. The summed E-state index contributed by atoms with van der Waals surface area (Å²) in [5.74, 6) is 0.574. The zero-order valence-electron chi connectivity index (χ0n) is 13.1. The largest absolute Gasteiger partial charge is 0.320 e. The maximum Gasteiger partial charge on any atom is 0.285 e. The van der Waals surface area contributed by atoms with E-state index in [2.05, 4.69) is 29.6 Å². The number of nitrogens with one attached hydrogen (secondary N) is 2.